The lowest BCUT2D eigenvalue weighted by molar-refractivity contribution is -0.139. The van der Waals surface area contributed by atoms with Gasteiger partial charge in [0.1, 0.15) is 18.7 Å². The number of piperazine rings is 1. The van der Waals surface area contributed by atoms with Crippen LogP contribution in [0.4, 0.5) is 5.69 Å². The van der Waals surface area contributed by atoms with Gasteiger partial charge in [-0.15, -0.1) is 0 Å². The van der Waals surface area contributed by atoms with Crippen LogP contribution in [0.2, 0.25) is 0 Å². The van der Waals surface area contributed by atoms with Crippen LogP contribution in [0.5, 0.6) is 0 Å². The zero-order valence-electron chi connectivity index (χ0n) is 24.2. The normalized spacial score (nSPS) is 27.5. The molecular weight excluding hydrogens is 492 g/mol. The second-order valence-corrected chi connectivity index (χ2v) is 13.0. The van der Waals surface area contributed by atoms with Crippen LogP contribution in [0, 0.1) is 17.3 Å². The minimum Gasteiger partial charge on any atom is -0.369 e. The van der Waals surface area contributed by atoms with Crippen LogP contribution in [0.3, 0.4) is 0 Å². The Hall–Kier alpha value is -2.45. The quantitative estimate of drug-likeness (QED) is 0.598. The number of carbonyl (C=O) groups excluding carboxylic acids is 3. The minimum absolute atomic E-state index is 0.0239. The number of amides is 2. The Bertz CT molecular complexity index is 1040. The van der Waals surface area contributed by atoms with E-state index in [0.717, 1.165) is 70.5 Å². The highest BCUT2D eigenvalue weighted by Crippen LogP contribution is 2.42. The summed E-state index contributed by atoms with van der Waals surface area (Å²) in [6.07, 6.45) is 4.83. The van der Waals surface area contributed by atoms with Gasteiger partial charge in [-0.05, 0) is 55.0 Å². The van der Waals surface area contributed by atoms with Crippen molar-refractivity contribution in [2.75, 3.05) is 50.8 Å². The Kier molecular flexibility index (Phi) is 8.34. The predicted molar refractivity (Wildman–Crippen MR) is 152 cm³/mol. The maximum absolute atomic E-state index is 14.2. The Morgan fingerprint density at radius 3 is 2.31 bits per heavy atom. The third kappa shape index (κ3) is 5.87. The molecule has 39 heavy (non-hydrogen) atoms. The summed E-state index contributed by atoms with van der Waals surface area (Å²) < 4.78 is 5.92. The molecule has 3 heterocycles. The van der Waals surface area contributed by atoms with E-state index in [1.54, 1.807) is 4.90 Å². The van der Waals surface area contributed by atoms with Gasteiger partial charge in [0.25, 0.3) is 5.91 Å². The average molecular weight is 539 g/mol. The van der Waals surface area contributed by atoms with Gasteiger partial charge in [-0.2, -0.15) is 0 Å². The van der Waals surface area contributed by atoms with Gasteiger partial charge in [0, 0.05) is 49.9 Å². The molecule has 1 aromatic carbocycles. The number of Topliss-reactive ketones (excluding diaryl/α,β-unsaturated/α-hetero) is 1. The van der Waals surface area contributed by atoms with Gasteiger partial charge >= 0.3 is 0 Å². The van der Waals surface area contributed by atoms with E-state index in [1.165, 1.54) is 0 Å². The van der Waals surface area contributed by atoms with Gasteiger partial charge in [-0.3, -0.25) is 14.4 Å². The molecule has 0 spiro atoms. The summed E-state index contributed by atoms with van der Waals surface area (Å²) in [7, 11) is 0. The smallest absolute Gasteiger partial charge is 0.251 e. The largest absolute Gasteiger partial charge is 0.369 e. The Morgan fingerprint density at radius 1 is 1.03 bits per heavy atom. The molecule has 1 N–H and O–H groups in total. The van der Waals surface area contributed by atoms with Crippen LogP contribution in [0.25, 0.3) is 0 Å². The third-order valence-electron chi connectivity index (χ3n) is 9.57. The number of ether oxygens (including phenoxy) is 1. The number of hydrogen-bond donors (Lipinski definition) is 1. The molecule has 8 nitrogen and oxygen atoms in total. The summed E-state index contributed by atoms with van der Waals surface area (Å²) in [5.74, 6) is -0.218. The number of nitrogens with one attached hydrogen (secondary N) is 1. The van der Waals surface area contributed by atoms with E-state index in [1.807, 2.05) is 24.3 Å². The fourth-order valence-electron chi connectivity index (χ4n) is 7.05. The molecule has 3 aliphatic heterocycles. The molecule has 0 unspecified atom stereocenters. The first-order chi connectivity index (χ1) is 18.7. The zero-order chi connectivity index (χ0) is 27.7. The van der Waals surface area contributed by atoms with Crippen LogP contribution in [0.1, 0.15) is 70.2 Å². The lowest BCUT2D eigenvalue weighted by atomic mass is 9.78. The zero-order valence-corrected chi connectivity index (χ0v) is 24.2. The summed E-state index contributed by atoms with van der Waals surface area (Å²) in [5, 5.41) is 3.14. The molecule has 1 saturated carbocycles. The fourth-order valence-corrected chi connectivity index (χ4v) is 7.05. The van der Waals surface area contributed by atoms with Crippen molar-refractivity contribution in [3.63, 3.8) is 0 Å². The van der Waals surface area contributed by atoms with Crippen molar-refractivity contribution in [3.05, 3.63) is 29.8 Å². The van der Waals surface area contributed by atoms with Crippen molar-refractivity contribution in [1.29, 1.82) is 0 Å². The first-order valence-electron chi connectivity index (χ1n) is 15.0. The molecule has 8 heteroatoms. The van der Waals surface area contributed by atoms with E-state index in [0.29, 0.717) is 12.1 Å². The van der Waals surface area contributed by atoms with E-state index in [9.17, 15) is 14.4 Å². The number of benzene rings is 1. The number of carbonyl (C=O) groups is 3. The van der Waals surface area contributed by atoms with Gasteiger partial charge in [-0.25, -0.2) is 0 Å². The van der Waals surface area contributed by atoms with E-state index in [2.05, 4.69) is 42.8 Å². The summed E-state index contributed by atoms with van der Waals surface area (Å²) in [5.41, 5.74) is 1.59. The van der Waals surface area contributed by atoms with Crippen LogP contribution in [-0.2, 0) is 14.3 Å². The monoisotopic (exact) mass is 538 g/mol. The van der Waals surface area contributed by atoms with Gasteiger partial charge < -0.3 is 24.8 Å². The minimum atomic E-state index is -0.632. The molecule has 0 bridgehead atoms. The number of hydrogen-bond acceptors (Lipinski definition) is 6. The highest BCUT2D eigenvalue weighted by atomic mass is 16.5. The van der Waals surface area contributed by atoms with Crippen molar-refractivity contribution < 1.29 is 19.1 Å². The molecular formula is C31H46N4O4. The summed E-state index contributed by atoms with van der Waals surface area (Å²) in [6.45, 7) is 14.3. The SMILES string of the molecule is CCN1CCN(c2ccc(C(=O)N[C@H](C(=O)N3C[C@H](C(C)(C)C)[C@H]4OCC(=O)[C@H]43)C3CCCCC3)cc2)CC1. The van der Waals surface area contributed by atoms with Gasteiger partial charge in [0.05, 0.1) is 6.10 Å². The molecule has 4 fully saturated rings. The summed E-state index contributed by atoms with van der Waals surface area (Å²) in [4.78, 5) is 47.1. The number of fused-ring (bicyclic) bond motifs is 1. The van der Waals surface area contributed by atoms with Gasteiger partial charge in [-0.1, -0.05) is 47.0 Å². The van der Waals surface area contributed by atoms with Crippen molar-refractivity contribution in [2.45, 2.75) is 78.0 Å². The predicted octanol–water partition coefficient (Wildman–Crippen LogP) is 3.35. The molecule has 0 aromatic heterocycles. The maximum atomic E-state index is 14.2. The third-order valence-corrected chi connectivity index (χ3v) is 9.57. The topological polar surface area (TPSA) is 82.2 Å². The fraction of sp³-hybridized carbons (Fsp3) is 0.710. The second kappa shape index (κ2) is 11.6. The van der Waals surface area contributed by atoms with E-state index >= 15 is 0 Å². The molecule has 1 aliphatic carbocycles. The number of likely N-dealkylation sites (tertiary alicyclic amines) is 1. The standard InChI is InChI=1S/C31H46N4O4/c1-5-33-15-17-34(18-16-33)23-13-11-22(12-14-23)29(37)32-26(21-9-7-6-8-10-21)30(38)35-19-24(31(2,3)4)28-27(35)25(36)20-39-28/h11-14,21,24,26-28H,5-10,15-20H2,1-4H3,(H,32,37)/t24-,26-,27+,28+/m0/s1. The molecule has 0 radical (unpaired) electrons. The molecule has 214 valence electrons. The van der Waals surface area contributed by atoms with Crippen molar-refractivity contribution in [3.8, 4) is 0 Å². The summed E-state index contributed by atoms with van der Waals surface area (Å²) >= 11 is 0. The molecule has 2 amide bonds. The van der Waals surface area contributed by atoms with E-state index in [4.69, 9.17) is 4.74 Å². The molecule has 4 atom stereocenters. The number of nitrogens with zero attached hydrogens (tertiary/aromatic N) is 3. The molecule has 5 rings (SSSR count). The molecule has 1 aromatic rings. The van der Waals surface area contributed by atoms with E-state index < -0.39 is 12.1 Å². The Balaban J connectivity index is 1.32. The summed E-state index contributed by atoms with van der Waals surface area (Å²) in [6, 6.07) is 6.59. The van der Waals surface area contributed by atoms with Crippen LogP contribution >= 0.6 is 0 Å². The van der Waals surface area contributed by atoms with Crippen LogP contribution < -0.4 is 10.2 Å². The average Bonchev–Trinajstić information content (AvgIpc) is 3.52. The second-order valence-electron chi connectivity index (χ2n) is 13.0. The maximum Gasteiger partial charge on any atom is 0.251 e. The van der Waals surface area contributed by atoms with Crippen molar-refractivity contribution in [1.82, 2.24) is 15.1 Å². The van der Waals surface area contributed by atoms with Crippen LogP contribution in [-0.4, -0.2) is 91.5 Å². The number of likely N-dealkylation sites (N-methyl/N-ethyl adjacent to an activating group) is 1. The Morgan fingerprint density at radius 2 is 1.69 bits per heavy atom. The Labute approximate surface area is 233 Å². The first-order valence-corrected chi connectivity index (χ1v) is 15.0. The van der Waals surface area contributed by atoms with Gasteiger partial charge in [0.15, 0.2) is 5.78 Å². The number of anilines is 1. The van der Waals surface area contributed by atoms with Gasteiger partial charge in [0.2, 0.25) is 5.91 Å². The molecule has 4 aliphatic rings. The van der Waals surface area contributed by atoms with Crippen LogP contribution in [0.15, 0.2) is 24.3 Å². The van der Waals surface area contributed by atoms with E-state index in [-0.39, 0.29) is 47.6 Å². The van der Waals surface area contributed by atoms with Crippen molar-refractivity contribution in [2.24, 2.45) is 17.3 Å². The van der Waals surface area contributed by atoms with Crippen molar-refractivity contribution >= 4 is 23.3 Å². The highest BCUT2D eigenvalue weighted by Gasteiger charge is 2.56. The lowest BCUT2D eigenvalue weighted by Gasteiger charge is -2.35. The number of ketones is 1. The molecule has 3 saturated heterocycles. The lowest BCUT2D eigenvalue weighted by Crippen LogP contribution is -2.55. The first kappa shape index (κ1) is 28.1. The highest BCUT2D eigenvalue weighted by molar-refractivity contribution is 5.99. The number of rotatable bonds is 6.